The minimum absolute atomic E-state index is 0.130. The smallest absolute Gasteiger partial charge is 0.257 e. The van der Waals surface area contributed by atoms with Gasteiger partial charge in [0.05, 0.1) is 24.0 Å². The second kappa shape index (κ2) is 5.93. The van der Waals surface area contributed by atoms with Gasteiger partial charge in [-0.25, -0.2) is 0 Å². The molecule has 2 rings (SSSR count). The maximum atomic E-state index is 12.5. The van der Waals surface area contributed by atoms with Crippen molar-refractivity contribution < 1.29 is 14.6 Å². The molecule has 3 N–H and O–H groups in total. The molecule has 1 amide bonds. The minimum atomic E-state index is -0.436. The van der Waals surface area contributed by atoms with Crippen LogP contribution in [0.3, 0.4) is 0 Å². The highest BCUT2D eigenvalue weighted by atomic mass is 16.5. The van der Waals surface area contributed by atoms with Crippen molar-refractivity contribution in [2.45, 2.75) is 25.9 Å². The third-order valence-corrected chi connectivity index (χ3v) is 3.25. The van der Waals surface area contributed by atoms with Gasteiger partial charge in [0.1, 0.15) is 0 Å². The zero-order valence-electron chi connectivity index (χ0n) is 11.1. The number of aliphatic hydroxyl groups excluding tert-OH is 1. The highest BCUT2D eigenvalue weighted by Gasteiger charge is 2.25. The second-order valence-electron chi connectivity index (χ2n) is 4.70. The largest absolute Gasteiger partial charge is 0.491 e. The van der Waals surface area contributed by atoms with E-state index >= 15 is 0 Å². The summed E-state index contributed by atoms with van der Waals surface area (Å²) in [6.45, 7) is 3.35. The fourth-order valence-corrected chi connectivity index (χ4v) is 2.34. The number of hydrogen-bond acceptors (Lipinski definition) is 4. The molecule has 0 radical (unpaired) electrons. The highest BCUT2D eigenvalue weighted by Crippen LogP contribution is 2.28. The molecule has 1 atom stereocenters. The summed E-state index contributed by atoms with van der Waals surface area (Å²) in [5.41, 5.74) is 6.79. The lowest BCUT2D eigenvalue weighted by Gasteiger charge is -2.30. The number of piperidine rings is 1. The number of amides is 1. The topological polar surface area (TPSA) is 75.8 Å². The number of β-amino-alcohol motifs (C(OH)–C–C–N with tert-alkyl or cyclic N) is 1. The van der Waals surface area contributed by atoms with E-state index in [1.807, 2.05) is 6.92 Å². The van der Waals surface area contributed by atoms with Crippen molar-refractivity contribution in [1.29, 1.82) is 0 Å². The molecule has 19 heavy (non-hydrogen) atoms. The first-order chi connectivity index (χ1) is 9.13. The molecule has 5 heteroatoms. The molecule has 0 unspecified atom stereocenters. The van der Waals surface area contributed by atoms with Crippen molar-refractivity contribution in [3.63, 3.8) is 0 Å². The molecule has 0 aromatic heterocycles. The number of benzene rings is 1. The molecule has 1 heterocycles. The van der Waals surface area contributed by atoms with Gasteiger partial charge in [-0.2, -0.15) is 0 Å². The number of carbonyl (C=O) groups is 1. The number of rotatable bonds is 3. The van der Waals surface area contributed by atoms with Gasteiger partial charge in [0, 0.05) is 13.1 Å². The summed E-state index contributed by atoms with van der Waals surface area (Å²) in [4.78, 5) is 14.1. The van der Waals surface area contributed by atoms with E-state index in [1.54, 1.807) is 23.1 Å². The summed E-state index contributed by atoms with van der Waals surface area (Å²) in [5, 5.41) is 9.65. The van der Waals surface area contributed by atoms with Crippen molar-refractivity contribution in [2.24, 2.45) is 0 Å². The molecule has 1 aromatic carbocycles. The first-order valence-corrected chi connectivity index (χ1v) is 6.62. The number of carbonyl (C=O) groups excluding carboxylic acids is 1. The van der Waals surface area contributed by atoms with Crippen LogP contribution >= 0.6 is 0 Å². The lowest BCUT2D eigenvalue weighted by Crippen LogP contribution is -2.42. The molecular formula is C14H20N2O3. The Kier molecular flexibility index (Phi) is 4.27. The number of hydrogen-bond donors (Lipinski definition) is 2. The number of nitrogens with zero attached hydrogens (tertiary/aromatic N) is 1. The van der Waals surface area contributed by atoms with Gasteiger partial charge < -0.3 is 20.5 Å². The Balaban J connectivity index is 2.25. The van der Waals surface area contributed by atoms with Gasteiger partial charge in [-0.05, 0) is 31.9 Å². The summed E-state index contributed by atoms with van der Waals surface area (Å²) in [5.74, 6) is 0.310. The van der Waals surface area contributed by atoms with Crippen molar-refractivity contribution in [3.05, 3.63) is 23.8 Å². The number of para-hydroxylation sites is 1. The van der Waals surface area contributed by atoms with Crippen molar-refractivity contribution >= 4 is 11.6 Å². The van der Waals surface area contributed by atoms with Crippen LogP contribution in [-0.4, -0.2) is 41.7 Å². The third kappa shape index (κ3) is 2.98. The van der Waals surface area contributed by atoms with Gasteiger partial charge in [0.25, 0.3) is 5.91 Å². The average molecular weight is 264 g/mol. The van der Waals surface area contributed by atoms with Crippen LogP contribution in [0, 0.1) is 0 Å². The molecule has 1 fully saturated rings. The van der Waals surface area contributed by atoms with Crippen molar-refractivity contribution in [3.8, 4) is 5.75 Å². The van der Waals surface area contributed by atoms with E-state index in [1.165, 1.54) is 0 Å². The number of aliphatic hydroxyl groups is 1. The molecule has 1 saturated heterocycles. The highest BCUT2D eigenvalue weighted by molar-refractivity contribution is 5.98. The third-order valence-electron chi connectivity index (χ3n) is 3.25. The lowest BCUT2D eigenvalue weighted by molar-refractivity contribution is 0.0470. The maximum absolute atomic E-state index is 12.5. The van der Waals surface area contributed by atoms with Crippen LogP contribution in [0.15, 0.2) is 18.2 Å². The molecule has 104 valence electrons. The summed E-state index contributed by atoms with van der Waals surface area (Å²) >= 11 is 0. The molecule has 0 spiro atoms. The van der Waals surface area contributed by atoms with Gasteiger partial charge in [0.15, 0.2) is 5.75 Å². The summed E-state index contributed by atoms with van der Waals surface area (Å²) < 4.78 is 5.47. The fourth-order valence-electron chi connectivity index (χ4n) is 2.34. The van der Waals surface area contributed by atoms with Crippen molar-refractivity contribution in [2.75, 3.05) is 25.4 Å². The lowest BCUT2D eigenvalue weighted by atomic mass is 10.1. The van der Waals surface area contributed by atoms with Crippen LogP contribution in [0.5, 0.6) is 5.75 Å². The molecule has 0 bridgehead atoms. The van der Waals surface area contributed by atoms with Crippen LogP contribution in [0.2, 0.25) is 0 Å². The fraction of sp³-hybridized carbons (Fsp3) is 0.500. The van der Waals surface area contributed by atoms with Gasteiger partial charge in [0.2, 0.25) is 0 Å². The van der Waals surface area contributed by atoms with Gasteiger partial charge >= 0.3 is 0 Å². The Morgan fingerprint density at radius 3 is 3.05 bits per heavy atom. The van der Waals surface area contributed by atoms with Crippen LogP contribution in [0.1, 0.15) is 30.1 Å². The first-order valence-electron chi connectivity index (χ1n) is 6.62. The number of nitrogen functional groups attached to an aromatic ring is 1. The quantitative estimate of drug-likeness (QED) is 0.806. The second-order valence-corrected chi connectivity index (χ2v) is 4.70. The summed E-state index contributed by atoms with van der Waals surface area (Å²) in [6, 6.07) is 5.17. The molecular weight excluding hydrogens is 244 g/mol. The number of ether oxygens (including phenoxy) is 1. The number of nitrogens with two attached hydrogens (primary N) is 1. The molecule has 1 aromatic rings. The predicted molar refractivity (Wildman–Crippen MR) is 73.2 cm³/mol. The molecule has 0 saturated carbocycles. The molecule has 1 aliphatic rings. The maximum Gasteiger partial charge on any atom is 0.257 e. The van der Waals surface area contributed by atoms with Crippen molar-refractivity contribution in [1.82, 2.24) is 4.90 Å². The Morgan fingerprint density at radius 1 is 1.58 bits per heavy atom. The van der Waals surface area contributed by atoms with Crippen LogP contribution < -0.4 is 10.5 Å². The Hall–Kier alpha value is -1.75. The zero-order chi connectivity index (χ0) is 13.8. The summed E-state index contributed by atoms with van der Waals surface area (Å²) in [6.07, 6.45) is 1.13. The van der Waals surface area contributed by atoms with E-state index in [-0.39, 0.29) is 5.91 Å². The Bertz CT molecular complexity index is 462. The standard InChI is InChI=1S/C14H20N2O3/c1-2-19-13-11(6-3-7-12(13)15)14(18)16-8-4-5-10(17)9-16/h3,6-7,10,17H,2,4-5,8-9,15H2,1H3/t10-/m0/s1. The van der Waals surface area contributed by atoms with E-state index in [2.05, 4.69) is 0 Å². The van der Waals surface area contributed by atoms with E-state index in [0.717, 1.165) is 12.8 Å². The predicted octanol–water partition coefficient (Wildman–Crippen LogP) is 1.26. The minimum Gasteiger partial charge on any atom is -0.491 e. The van der Waals surface area contributed by atoms with E-state index < -0.39 is 6.10 Å². The number of anilines is 1. The Morgan fingerprint density at radius 2 is 2.37 bits per heavy atom. The number of likely N-dealkylation sites (tertiary alicyclic amines) is 1. The van der Waals surface area contributed by atoms with Crippen LogP contribution in [0.25, 0.3) is 0 Å². The molecule has 0 aliphatic carbocycles. The van der Waals surface area contributed by atoms with Crippen LogP contribution in [-0.2, 0) is 0 Å². The first kappa shape index (κ1) is 13.7. The molecule has 1 aliphatic heterocycles. The van der Waals surface area contributed by atoms with Gasteiger partial charge in [-0.3, -0.25) is 4.79 Å². The van der Waals surface area contributed by atoms with E-state index in [0.29, 0.717) is 36.7 Å². The van der Waals surface area contributed by atoms with E-state index in [9.17, 15) is 9.90 Å². The van der Waals surface area contributed by atoms with Gasteiger partial charge in [-0.1, -0.05) is 6.07 Å². The summed E-state index contributed by atoms with van der Waals surface area (Å²) in [7, 11) is 0. The Labute approximate surface area is 113 Å². The average Bonchev–Trinajstić information content (AvgIpc) is 2.40. The normalized spacial score (nSPS) is 19.3. The van der Waals surface area contributed by atoms with Crippen LogP contribution in [0.4, 0.5) is 5.69 Å². The monoisotopic (exact) mass is 264 g/mol. The van der Waals surface area contributed by atoms with E-state index in [4.69, 9.17) is 10.5 Å². The zero-order valence-corrected chi connectivity index (χ0v) is 11.1. The van der Waals surface area contributed by atoms with Gasteiger partial charge in [-0.15, -0.1) is 0 Å². The SMILES string of the molecule is CCOc1c(N)cccc1C(=O)N1CCC[C@H](O)C1. The molecule has 5 nitrogen and oxygen atoms in total.